The van der Waals surface area contributed by atoms with Crippen LogP contribution in [0.2, 0.25) is 0 Å². The molecule has 0 unspecified atom stereocenters. The van der Waals surface area contributed by atoms with Crippen LogP contribution in [0.15, 0.2) is 6.07 Å². The van der Waals surface area contributed by atoms with E-state index in [4.69, 9.17) is 10.5 Å². The van der Waals surface area contributed by atoms with Crippen molar-refractivity contribution in [3.63, 3.8) is 0 Å². The van der Waals surface area contributed by atoms with Crippen molar-refractivity contribution in [3.8, 4) is 5.88 Å². The van der Waals surface area contributed by atoms with Gasteiger partial charge in [-0.2, -0.15) is 5.10 Å². The second-order valence-electron chi connectivity index (χ2n) is 3.72. The quantitative estimate of drug-likeness (QED) is 0.777. The zero-order valence-corrected chi connectivity index (χ0v) is 8.36. The third-order valence-electron chi connectivity index (χ3n) is 2.77. The fourth-order valence-corrected chi connectivity index (χ4v) is 1.99. The van der Waals surface area contributed by atoms with Gasteiger partial charge in [-0.05, 0) is 18.9 Å². The van der Waals surface area contributed by atoms with Crippen LogP contribution < -0.4 is 10.5 Å². The van der Waals surface area contributed by atoms with Gasteiger partial charge in [0.15, 0.2) is 0 Å². The van der Waals surface area contributed by atoms with E-state index in [1.165, 1.54) is 25.7 Å². The Hall–Kier alpha value is -1.32. The Morgan fingerprint density at radius 1 is 1.36 bits per heavy atom. The third kappa shape index (κ3) is 1.64. The van der Waals surface area contributed by atoms with Gasteiger partial charge < -0.3 is 10.5 Å². The number of hydrogen-bond acceptors (Lipinski definition) is 4. The van der Waals surface area contributed by atoms with Gasteiger partial charge in [0, 0.05) is 5.92 Å². The molecule has 0 amide bonds. The molecule has 0 spiro atoms. The Morgan fingerprint density at radius 3 is 2.64 bits per heavy atom. The molecule has 2 rings (SSSR count). The molecular formula is C10H15N3O. The van der Waals surface area contributed by atoms with E-state index in [0.29, 0.717) is 17.5 Å². The lowest BCUT2D eigenvalue weighted by Gasteiger charge is -2.09. The van der Waals surface area contributed by atoms with Crippen LogP contribution in [-0.4, -0.2) is 17.3 Å². The van der Waals surface area contributed by atoms with Crippen LogP contribution >= 0.6 is 0 Å². The lowest BCUT2D eigenvalue weighted by molar-refractivity contribution is 0.393. The average Bonchev–Trinajstić information content (AvgIpc) is 2.70. The summed E-state index contributed by atoms with van der Waals surface area (Å²) in [4.78, 5) is 0. The standard InChI is InChI=1S/C10H15N3O/c1-14-10-8(11)6-9(12-13-10)7-4-2-3-5-7/h6-7H,2-5H2,1H3,(H2,11,12). The van der Waals surface area contributed by atoms with Gasteiger partial charge in [-0.1, -0.05) is 12.8 Å². The van der Waals surface area contributed by atoms with E-state index < -0.39 is 0 Å². The van der Waals surface area contributed by atoms with E-state index in [2.05, 4.69) is 10.2 Å². The zero-order valence-electron chi connectivity index (χ0n) is 8.36. The maximum atomic E-state index is 5.77. The highest BCUT2D eigenvalue weighted by Gasteiger charge is 2.19. The van der Waals surface area contributed by atoms with Crippen LogP contribution in [-0.2, 0) is 0 Å². The second kappa shape index (κ2) is 3.82. The minimum atomic E-state index is 0.423. The van der Waals surface area contributed by atoms with Gasteiger partial charge >= 0.3 is 0 Å². The van der Waals surface area contributed by atoms with Crippen molar-refractivity contribution < 1.29 is 4.74 Å². The predicted octanol–water partition coefficient (Wildman–Crippen LogP) is 1.72. The number of rotatable bonds is 2. The summed E-state index contributed by atoms with van der Waals surface area (Å²) >= 11 is 0. The molecule has 0 atom stereocenters. The largest absolute Gasteiger partial charge is 0.478 e. The number of nitrogen functional groups attached to an aromatic ring is 1. The molecule has 0 saturated heterocycles. The molecule has 0 aromatic carbocycles. The summed E-state index contributed by atoms with van der Waals surface area (Å²) in [6.45, 7) is 0. The molecule has 0 aliphatic heterocycles. The molecule has 4 heteroatoms. The van der Waals surface area contributed by atoms with E-state index in [-0.39, 0.29) is 0 Å². The van der Waals surface area contributed by atoms with Crippen molar-refractivity contribution in [2.24, 2.45) is 0 Å². The van der Waals surface area contributed by atoms with Crippen LogP contribution in [0.1, 0.15) is 37.3 Å². The summed E-state index contributed by atoms with van der Waals surface area (Å²) in [5.74, 6) is 0.974. The molecule has 1 heterocycles. The number of methoxy groups -OCH3 is 1. The summed E-state index contributed by atoms with van der Waals surface area (Å²) in [6.07, 6.45) is 5.00. The molecule has 1 aromatic rings. The van der Waals surface area contributed by atoms with Gasteiger partial charge in [-0.25, -0.2) is 0 Å². The minimum Gasteiger partial charge on any atom is -0.478 e. The topological polar surface area (TPSA) is 61.0 Å². The first-order valence-electron chi connectivity index (χ1n) is 4.98. The number of aromatic nitrogens is 2. The molecule has 0 bridgehead atoms. The smallest absolute Gasteiger partial charge is 0.256 e. The van der Waals surface area contributed by atoms with Gasteiger partial charge in [-0.15, -0.1) is 5.10 Å². The van der Waals surface area contributed by atoms with Crippen LogP contribution in [0.5, 0.6) is 5.88 Å². The normalized spacial score (nSPS) is 17.2. The molecule has 76 valence electrons. The van der Waals surface area contributed by atoms with Crippen molar-refractivity contribution in [2.45, 2.75) is 31.6 Å². The highest BCUT2D eigenvalue weighted by molar-refractivity contribution is 5.48. The third-order valence-corrected chi connectivity index (χ3v) is 2.77. The van der Waals surface area contributed by atoms with Crippen LogP contribution in [0.25, 0.3) is 0 Å². The van der Waals surface area contributed by atoms with Crippen LogP contribution in [0, 0.1) is 0 Å². The van der Waals surface area contributed by atoms with E-state index in [0.717, 1.165) is 5.69 Å². The highest BCUT2D eigenvalue weighted by atomic mass is 16.5. The number of nitrogens with zero attached hydrogens (tertiary/aromatic N) is 2. The predicted molar refractivity (Wildman–Crippen MR) is 54.2 cm³/mol. The van der Waals surface area contributed by atoms with Gasteiger partial charge in [0.05, 0.1) is 18.5 Å². The van der Waals surface area contributed by atoms with Crippen molar-refractivity contribution in [2.75, 3.05) is 12.8 Å². The Bertz CT molecular complexity index is 321. The van der Waals surface area contributed by atoms with Gasteiger partial charge in [-0.3, -0.25) is 0 Å². The second-order valence-corrected chi connectivity index (χ2v) is 3.72. The lowest BCUT2D eigenvalue weighted by Crippen LogP contribution is -2.03. The molecule has 2 N–H and O–H groups in total. The zero-order chi connectivity index (χ0) is 9.97. The highest BCUT2D eigenvalue weighted by Crippen LogP contribution is 2.34. The molecule has 1 aliphatic carbocycles. The monoisotopic (exact) mass is 193 g/mol. The molecule has 0 radical (unpaired) electrons. The van der Waals surface area contributed by atoms with E-state index >= 15 is 0 Å². The minimum absolute atomic E-state index is 0.423. The summed E-state index contributed by atoms with van der Waals surface area (Å²) in [5, 5.41) is 8.08. The van der Waals surface area contributed by atoms with Crippen LogP contribution in [0.4, 0.5) is 5.69 Å². The first-order chi connectivity index (χ1) is 6.81. The van der Waals surface area contributed by atoms with Crippen molar-refractivity contribution in [1.29, 1.82) is 0 Å². The van der Waals surface area contributed by atoms with Gasteiger partial charge in [0.2, 0.25) is 0 Å². The van der Waals surface area contributed by atoms with Gasteiger partial charge in [0.25, 0.3) is 5.88 Å². The van der Waals surface area contributed by atoms with Crippen molar-refractivity contribution in [3.05, 3.63) is 11.8 Å². The Kier molecular flexibility index (Phi) is 2.52. The molecular weight excluding hydrogens is 178 g/mol. The molecule has 4 nitrogen and oxygen atoms in total. The summed E-state index contributed by atoms with van der Waals surface area (Å²) in [5.41, 5.74) is 7.37. The number of nitrogens with two attached hydrogens (primary N) is 1. The SMILES string of the molecule is COc1nnc(C2CCCC2)cc1N. The fourth-order valence-electron chi connectivity index (χ4n) is 1.99. The summed E-state index contributed by atoms with van der Waals surface area (Å²) in [6, 6.07) is 1.89. The summed E-state index contributed by atoms with van der Waals surface area (Å²) in [7, 11) is 1.55. The van der Waals surface area contributed by atoms with Crippen molar-refractivity contribution in [1.82, 2.24) is 10.2 Å². The fraction of sp³-hybridized carbons (Fsp3) is 0.600. The van der Waals surface area contributed by atoms with Crippen molar-refractivity contribution >= 4 is 5.69 Å². The number of anilines is 1. The molecule has 1 fully saturated rings. The number of hydrogen-bond donors (Lipinski definition) is 1. The van der Waals surface area contributed by atoms with E-state index in [9.17, 15) is 0 Å². The van der Waals surface area contributed by atoms with Crippen LogP contribution in [0.3, 0.4) is 0 Å². The first kappa shape index (κ1) is 9.24. The molecule has 1 aliphatic rings. The van der Waals surface area contributed by atoms with E-state index in [1.807, 2.05) is 6.07 Å². The lowest BCUT2D eigenvalue weighted by atomic mass is 10.0. The maximum absolute atomic E-state index is 5.77. The van der Waals surface area contributed by atoms with E-state index in [1.54, 1.807) is 7.11 Å². The molecule has 1 saturated carbocycles. The first-order valence-corrected chi connectivity index (χ1v) is 4.98. The Labute approximate surface area is 83.5 Å². The summed E-state index contributed by atoms with van der Waals surface area (Å²) < 4.78 is 4.96. The van der Waals surface area contributed by atoms with Gasteiger partial charge in [0.1, 0.15) is 0 Å². The number of ether oxygens (including phenoxy) is 1. The molecule has 14 heavy (non-hydrogen) atoms. The maximum Gasteiger partial charge on any atom is 0.256 e. The Balaban J connectivity index is 2.23. The molecule has 1 aromatic heterocycles. The Morgan fingerprint density at radius 2 is 2.07 bits per heavy atom. The average molecular weight is 193 g/mol.